The van der Waals surface area contributed by atoms with Crippen LogP contribution in [0.2, 0.25) is 5.02 Å². The molecule has 0 aliphatic carbocycles. The summed E-state index contributed by atoms with van der Waals surface area (Å²) in [6.45, 7) is 4.73. The van der Waals surface area contributed by atoms with Crippen molar-refractivity contribution in [2.24, 2.45) is 5.41 Å². The molecule has 1 saturated heterocycles. The molecule has 0 spiro atoms. The summed E-state index contributed by atoms with van der Waals surface area (Å²) < 4.78 is 23.3. The quantitative estimate of drug-likeness (QED) is 0.579. The lowest BCUT2D eigenvalue weighted by Gasteiger charge is -2.35. The Hall–Kier alpha value is -0.0500. The zero-order valence-corrected chi connectivity index (χ0v) is 12.6. The highest BCUT2D eigenvalue weighted by Gasteiger charge is 2.42. The Balaban J connectivity index is 2.16. The molecular formula is C12H15Cl2O3P. The first-order valence-electron chi connectivity index (χ1n) is 5.61. The van der Waals surface area contributed by atoms with Gasteiger partial charge in [-0.05, 0) is 17.7 Å². The molecule has 6 heteroatoms. The summed E-state index contributed by atoms with van der Waals surface area (Å²) in [5, 5.41) is -0.196. The molecule has 1 unspecified atom stereocenters. The Morgan fingerprint density at radius 3 is 2.22 bits per heavy atom. The fourth-order valence-corrected chi connectivity index (χ4v) is 4.09. The maximum Gasteiger partial charge on any atom is 0.352 e. The Morgan fingerprint density at radius 1 is 1.22 bits per heavy atom. The average molecular weight is 309 g/mol. The molecule has 1 aliphatic rings. The molecule has 1 aromatic rings. The minimum absolute atomic E-state index is 0.134. The SMILES string of the molecule is CC1(C)COP(=O)(C(Cl)c2ccc(Cl)cc2)OC1. The van der Waals surface area contributed by atoms with Crippen molar-refractivity contribution in [2.75, 3.05) is 13.2 Å². The van der Waals surface area contributed by atoms with E-state index in [0.717, 1.165) is 0 Å². The monoisotopic (exact) mass is 308 g/mol. The lowest BCUT2D eigenvalue weighted by Crippen LogP contribution is -2.30. The highest BCUT2D eigenvalue weighted by Crippen LogP contribution is 2.65. The van der Waals surface area contributed by atoms with E-state index >= 15 is 0 Å². The molecule has 0 radical (unpaired) electrons. The van der Waals surface area contributed by atoms with Crippen LogP contribution in [-0.4, -0.2) is 13.2 Å². The van der Waals surface area contributed by atoms with Crippen LogP contribution >= 0.6 is 30.8 Å². The molecule has 1 atom stereocenters. The fourth-order valence-electron chi connectivity index (χ4n) is 1.54. The van der Waals surface area contributed by atoms with Gasteiger partial charge in [0.1, 0.15) is 0 Å². The smallest absolute Gasteiger partial charge is 0.307 e. The molecule has 2 rings (SSSR count). The Kier molecular flexibility index (Phi) is 4.10. The van der Waals surface area contributed by atoms with Gasteiger partial charge in [0.25, 0.3) is 0 Å². The van der Waals surface area contributed by atoms with Gasteiger partial charge < -0.3 is 9.05 Å². The summed E-state index contributed by atoms with van der Waals surface area (Å²) in [6.07, 6.45) is 0. The van der Waals surface area contributed by atoms with Crippen LogP contribution in [0, 0.1) is 5.41 Å². The van der Waals surface area contributed by atoms with Gasteiger partial charge in [0.2, 0.25) is 0 Å². The first-order valence-corrected chi connectivity index (χ1v) is 8.03. The van der Waals surface area contributed by atoms with E-state index in [1.807, 2.05) is 13.8 Å². The highest BCUT2D eigenvalue weighted by atomic mass is 35.5. The second kappa shape index (κ2) is 5.15. The third-order valence-corrected chi connectivity index (χ3v) is 5.75. The molecular weight excluding hydrogens is 294 g/mol. The van der Waals surface area contributed by atoms with Crippen LogP contribution < -0.4 is 0 Å². The van der Waals surface area contributed by atoms with Crippen LogP contribution in [0.5, 0.6) is 0 Å². The van der Waals surface area contributed by atoms with Crippen molar-refractivity contribution >= 4 is 30.8 Å². The molecule has 0 saturated carbocycles. The van der Waals surface area contributed by atoms with E-state index in [4.69, 9.17) is 32.2 Å². The van der Waals surface area contributed by atoms with Crippen molar-refractivity contribution in [1.82, 2.24) is 0 Å². The van der Waals surface area contributed by atoms with Gasteiger partial charge in [-0.1, -0.05) is 37.6 Å². The van der Waals surface area contributed by atoms with E-state index in [2.05, 4.69) is 0 Å². The lowest BCUT2D eigenvalue weighted by molar-refractivity contribution is 0.0403. The van der Waals surface area contributed by atoms with E-state index < -0.39 is 12.7 Å². The summed E-state index contributed by atoms with van der Waals surface area (Å²) in [5.74, 6) is 0. The zero-order valence-electron chi connectivity index (χ0n) is 10.2. The Bertz CT molecular complexity index is 459. The molecule has 1 aromatic carbocycles. The molecule has 0 aromatic heterocycles. The lowest BCUT2D eigenvalue weighted by atomic mass is 9.97. The van der Waals surface area contributed by atoms with Crippen molar-refractivity contribution < 1.29 is 13.6 Å². The van der Waals surface area contributed by atoms with Crippen molar-refractivity contribution in [1.29, 1.82) is 0 Å². The molecule has 1 heterocycles. The van der Waals surface area contributed by atoms with Gasteiger partial charge in [-0.15, -0.1) is 11.6 Å². The first-order chi connectivity index (χ1) is 8.32. The van der Waals surface area contributed by atoms with Crippen LogP contribution in [0.15, 0.2) is 24.3 Å². The largest absolute Gasteiger partial charge is 0.352 e. The third kappa shape index (κ3) is 3.09. The van der Waals surface area contributed by atoms with Crippen LogP contribution in [0.25, 0.3) is 0 Å². The first kappa shape index (κ1) is 14.4. The number of hydrogen-bond donors (Lipinski definition) is 0. The van der Waals surface area contributed by atoms with Gasteiger partial charge in [0.05, 0.1) is 13.2 Å². The minimum atomic E-state index is -3.30. The van der Waals surface area contributed by atoms with E-state index in [9.17, 15) is 4.57 Å². The molecule has 1 aliphatic heterocycles. The van der Waals surface area contributed by atoms with Crippen molar-refractivity contribution in [3.8, 4) is 0 Å². The average Bonchev–Trinajstić information content (AvgIpc) is 2.34. The number of hydrogen-bond acceptors (Lipinski definition) is 3. The summed E-state index contributed by atoms with van der Waals surface area (Å²) in [5.41, 5.74) is 0.550. The predicted octanol–water partition coefficient (Wildman–Crippen LogP) is 4.84. The van der Waals surface area contributed by atoms with Gasteiger partial charge >= 0.3 is 7.60 Å². The predicted molar refractivity (Wildman–Crippen MR) is 73.3 cm³/mol. The zero-order chi connectivity index (χ0) is 13.4. The van der Waals surface area contributed by atoms with Crippen LogP contribution in [0.1, 0.15) is 24.5 Å². The van der Waals surface area contributed by atoms with Gasteiger partial charge in [-0.3, -0.25) is 4.57 Å². The summed E-state index contributed by atoms with van der Waals surface area (Å²) >= 11 is 12.0. The maximum atomic E-state index is 12.5. The summed E-state index contributed by atoms with van der Waals surface area (Å²) in [7, 11) is -3.30. The van der Waals surface area contributed by atoms with Crippen molar-refractivity contribution in [2.45, 2.75) is 19.0 Å². The summed E-state index contributed by atoms with van der Waals surface area (Å²) in [4.78, 5) is 0. The minimum Gasteiger partial charge on any atom is -0.307 e. The Labute approximate surface area is 117 Å². The normalized spacial score (nSPS) is 23.6. The van der Waals surface area contributed by atoms with E-state index in [-0.39, 0.29) is 5.41 Å². The van der Waals surface area contributed by atoms with Crippen LogP contribution in [0.3, 0.4) is 0 Å². The molecule has 100 valence electrons. The third-order valence-electron chi connectivity index (χ3n) is 2.69. The number of rotatable bonds is 2. The molecule has 0 bridgehead atoms. The van der Waals surface area contributed by atoms with Crippen molar-refractivity contribution in [3.05, 3.63) is 34.9 Å². The fraction of sp³-hybridized carbons (Fsp3) is 0.500. The summed E-state index contributed by atoms with van der Waals surface area (Å²) in [6, 6.07) is 6.86. The highest BCUT2D eigenvalue weighted by molar-refractivity contribution is 7.56. The van der Waals surface area contributed by atoms with Crippen molar-refractivity contribution in [3.63, 3.8) is 0 Å². The van der Waals surface area contributed by atoms with Crippen LogP contribution in [0.4, 0.5) is 0 Å². The van der Waals surface area contributed by atoms with E-state index in [0.29, 0.717) is 23.8 Å². The molecule has 1 fully saturated rings. The van der Waals surface area contributed by atoms with Crippen LogP contribution in [-0.2, 0) is 13.6 Å². The molecule has 0 N–H and O–H groups in total. The Morgan fingerprint density at radius 2 is 1.72 bits per heavy atom. The van der Waals surface area contributed by atoms with Gasteiger partial charge in [-0.25, -0.2) is 0 Å². The molecule has 3 nitrogen and oxygen atoms in total. The molecule has 0 amide bonds. The molecule has 18 heavy (non-hydrogen) atoms. The van der Waals surface area contributed by atoms with Gasteiger partial charge in [0.15, 0.2) is 5.12 Å². The number of halogens is 2. The van der Waals surface area contributed by atoms with E-state index in [1.54, 1.807) is 24.3 Å². The van der Waals surface area contributed by atoms with E-state index in [1.165, 1.54) is 0 Å². The number of benzene rings is 1. The maximum absolute atomic E-state index is 12.5. The second-order valence-corrected chi connectivity index (χ2v) is 8.43. The standard InChI is InChI=1S/C12H15Cl2O3P/c1-12(2)7-16-18(15,17-8-12)11(14)9-3-5-10(13)6-4-9/h3-6,11H,7-8H2,1-2H3. The second-order valence-electron chi connectivity index (χ2n) is 5.14. The number of alkyl halides is 1. The topological polar surface area (TPSA) is 35.5 Å². The van der Waals surface area contributed by atoms with Gasteiger partial charge in [-0.2, -0.15) is 0 Å². The van der Waals surface area contributed by atoms with Gasteiger partial charge in [0, 0.05) is 10.4 Å².